The molecule has 3 heteroatoms. The van der Waals surface area contributed by atoms with E-state index >= 15 is 0 Å². The Morgan fingerprint density at radius 1 is 0.444 bits per heavy atom. The second-order valence-electron chi connectivity index (χ2n) is 12.6. The minimum atomic E-state index is -1.99. The average Bonchev–Trinajstić information content (AvgIpc) is 3.56. The molecule has 0 spiro atoms. The van der Waals surface area contributed by atoms with Gasteiger partial charge >= 0.3 is 0 Å². The van der Waals surface area contributed by atoms with Gasteiger partial charge in [-0.15, -0.1) is 0 Å². The van der Waals surface area contributed by atoms with Crippen LogP contribution in [0.4, 0.5) is 17.1 Å². The van der Waals surface area contributed by atoms with Gasteiger partial charge in [-0.2, -0.15) is 0 Å². The largest absolute Gasteiger partial charge is 0.456 e. The van der Waals surface area contributed by atoms with Crippen LogP contribution < -0.4 is 15.3 Å². The van der Waals surface area contributed by atoms with Gasteiger partial charge in [-0.05, 0) is 98.0 Å². The van der Waals surface area contributed by atoms with Crippen molar-refractivity contribution in [1.29, 1.82) is 0 Å². The van der Waals surface area contributed by atoms with Crippen molar-refractivity contribution < 1.29 is 4.42 Å². The molecule has 1 aliphatic rings. The minimum absolute atomic E-state index is 0.955. The minimum Gasteiger partial charge on any atom is -0.456 e. The molecule has 0 atom stereocenters. The Morgan fingerprint density at radius 3 is 1.96 bits per heavy atom. The third kappa shape index (κ3) is 4.01. The van der Waals surface area contributed by atoms with Gasteiger partial charge in [0.25, 0.3) is 0 Å². The first-order valence-electron chi connectivity index (χ1n) is 15.6. The van der Waals surface area contributed by atoms with Gasteiger partial charge in [-0.1, -0.05) is 110 Å². The molecule has 0 bridgehead atoms. The van der Waals surface area contributed by atoms with E-state index in [4.69, 9.17) is 4.42 Å². The van der Waals surface area contributed by atoms with E-state index in [0.717, 1.165) is 22.5 Å². The van der Waals surface area contributed by atoms with E-state index in [-0.39, 0.29) is 0 Å². The average molecular weight is 594 g/mol. The van der Waals surface area contributed by atoms with Crippen molar-refractivity contribution in [1.82, 2.24) is 0 Å². The number of furan rings is 1. The topological polar surface area (TPSA) is 16.4 Å². The highest BCUT2D eigenvalue weighted by Gasteiger charge is 2.38. The molecule has 0 saturated carbocycles. The molecule has 214 valence electrons. The fraction of sp³-hybridized carbons (Fsp3) is 0.0476. The van der Waals surface area contributed by atoms with Crippen LogP contribution >= 0.6 is 0 Å². The van der Waals surface area contributed by atoms with Crippen molar-refractivity contribution in [2.75, 3.05) is 4.90 Å². The molecule has 2 heterocycles. The first kappa shape index (κ1) is 26.1. The van der Waals surface area contributed by atoms with Crippen LogP contribution in [0.5, 0.6) is 0 Å². The number of rotatable bonds is 4. The fourth-order valence-electron chi connectivity index (χ4n) is 7.37. The lowest BCUT2D eigenvalue weighted by atomic mass is 9.98. The maximum atomic E-state index is 6.33. The standard InChI is InChI=1S/C42H31NOSi/c1-45(2)41-25-32(23-24-36(41)38-26-37-35-16-8-9-18-39(35)44-40(37)27-42(38)45)43(30-13-4-3-5-14-30)31-21-19-29(20-22-31)34-17-10-12-28-11-6-7-15-33(28)34/h3-27H,1-2H3. The highest BCUT2D eigenvalue weighted by atomic mass is 28.3. The summed E-state index contributed by atoms with van der Waals surface area (Å²) in [6.07, 6.45) is 0. The molecule has 8 aromatic rings. The van der Waals surface area contributed by atoms with E-state index in [9.17, 15) is 0 Å². The van der Waals surface area contributed by atoms with E-state index in [1.54, 1.807) is 0 Å². The van der Waals surface area contributed by atoms with Crippen LogP contribution in [0, 0.1) is 0 Å². The Bertz CT molecular complexity index is 2400. The first-order valence-corrected chi connectivity index (χ1v) is 18.6. The normalized spacial score (nSPS) is 13.3. The zero-order valence-electron chi connectivity index (χ0n) is 25.3. The number of hydrogen-bond donors (Lipinski definition) is 0. The Kier molecular flexibility index (Phi) is 5.68. The molecule has 0 N–H and O–H groups in total. The zero-order chi connectivity index (χ0) is 30.1. The number of nitrogens with zero attached hydrogens (tertiary/aromatic N) is 1. The predicted molar refractivity (Wildman–Crippen MR) is 194 cm³/mol. The SMILES string of the molecule is C[Si]1(C)c2cc(N(c3ccccc3)c3ccc(-c4cccc5ccccc45)cc3)ccc2-c2cc3c(cc21)oc1ccccc13. The van der Waals surface area contributed by atoms with Gasteiger partial charge in [0.1, 0.15) is 19.2 Å². The van der Waals surface area contributed by atoms with Gasteiger partial charge < -0.3 is 9.32 Å². The maximum absolute atomic E-state index is 6.33. The lowest BCUT2D eigenvalue weighted by Crippen LogP contribution is -2.49. The molecule has 9 rings (SSSR count). The zero-order valence-corrected chi connectivity index (χ0v) is 26.3. The summed E-state index contributed by atoms with van der Waals surface area (Å²) >= 11 is 0. The molecule has 0 saturated heterocycles. The maximum Gasteiger partial charge on any atom is 0.135 e. The molecule has 1 aliphatic heterocycles. The summed E-state index contributed by atoms with van der Waals surface area (Å²) in [6.45, 7) is 4.95. The van der Waals surface area contributed by atoms with Gasteiger partial charge in [-0.3, -0.25) is 0 Å². The number of fused-ring (bicyclic) bond motifs is 7. The highest BCUT2D eigenvalue weighted by molar-refractivity contribution is 7.04. The highest BCUT2D eigenvalue weighted by Crippen LogP contribution is 2.40. The Hall–Kier alpha value is -5.38. The van der Waals surface area contributed by atoms with Crippen molar-refractivity contribution in [2.45, 2.75) is 13.1 Å². The lowest BCUT2D eigenvalue weighted by Gasteiger charge is -2.27. The monoisotopic (exact) mass is 593 g/mol. The molecular formula is C42H31NOSi. The quantitative estimate of drug-likeness (QED) is 0.189. The summed E-state index contributed by atoms with van der Waals surface area (Å²) in [5.74, 6) is 0. The Balaban J connectivity index is 1.17. The second-order valence-corrected chi connectivity index (χ2v) is 16.9. The van der Waals surface area contributed by atoms with Crippen LogP contribution in [0.15, 0.2) is 156 Å². The summed E-state index contributed by atoms with van der Waals surface area (Å²) in [5, 5.41) is 7.84. The van der Waals surface area contributed by atoms with Crippen LogP contribution in [-0.2, 0) is 0 Å². The summed E-state index contributed by atoms with van der Waals surface area (Å²) in [5.41, 5.74) is 10.6. The van der Waals surface area contributed by atoms with E-state index < -0.39 is 8.07 Å². The summed E-state index contributed by atoms with van der Waals surface area (Å²) in [6, 6.07) is 55.1. The number of benzene rings is 7. The fourth-order valence-corrected chi connectivity index (χ4v) is 10.4. The lowest BCUT2D eigenvalue weighted by molar-refractivity contribution is 0.669. The van der Waals surface area contributed by atoms with Gasteiger partial charge in [0.15, 0.2) is 0 Å². The molecule has 0 fully saturated rings. The van der Waals surface area contributed by atoms with Gasteiger partial charge in [0, 0.05) is 27.8 Å². The third-order valence-corrected chi connectivity index (χ3v) is 13.2. The molecule has 0 amide bonds. The molecule has 0 radical (unpaired) electrons. The molecule has 0 unspecified atom stereocenters. The molecular weight excluding hydrogens is 563 g/mol. The van der Waals surface area contributed by atoms with E-state index in [1.807, 2.05) is 6.07 Å². The molecule has 1 aromatic heterocycles. The smallest absolute Gasteiger partial charge is 0.135 e. The van der Waals surface area contributed by atoms with Gasteiger partial charge in [-0.25, -0.2) is 0 Å². The Morgan fingerprint density at radius 2 is 1.11 bits per heavy atom. The van der Waals surface area contributed by atoms with Crippen molar-refractivity contribution >= 4 is 68.2 Å². The van der Waals surface area contributed by atoms with Crippen LogP contribution in [0.3, 0.4) is 0 Å². The van der Waals surface area contributed by atoms with Crippen LogP contribution in [0.25, 0.3) is 55.0 Å². The van der Waals surface area contributed by atoms with E-state index in [0.29, 0.717) is 0 Å². The second kappa shape index (κ2) is 9.81. The van der Waals surface area contributed by atoms with E-state index in [2.05, 4.69) is 164 Å². The van der Waals surface area contributed by atoms with Crippen LogP contribution in [0.2, 0.25) is 13.1 Å². The summed E-state index contributed by atoms with van der Waals surface area (Å²) in [7, 11) is -1.99. The van der Waals surface area contributed by atoms with Crippen LogP contribution in [-0.4, -0.2) is 8.07 Å². The Labute approximate surface area is 263 Å². The molecule has 2 nitrogen and oxygen atoms in total. The van der Waals surface area contributed by atoms with Crippen LogP contribution in [0.1, 0.15) is 0 Å². The van der Waals surface area contributed by atoms with Gasteiger partial charge in [0.2, 0.25) is 0 Å². The van der Waals surface area contributed by atoms with Crippen molar-refractivity contribution in [3.05, 3.63) is 152 Å². The van der Waals surface area contributed by atoms with Crippen molar-refractivity contribution in [3.63, 3.8) is 0 Å². The van der Waals surface area contributed by atoms with E-state index in [1.165, 1.54) is 59.9 Å². The van der Waals surface area contributed by atoms with Crippen molar-refractivity contribution in [2.24, 2.45) is 0 Å². The summed E-state index contributed by atoms with van der Waals surface area (Å²) < 4.78 is 6.33. The van der Waals surface area contributed by atoms with Crippen molar-refractivity contribution in [3.8, 4) is 22.3 Å². The number of hydrogen-bond acceptors (Lipinski definition) is 2. The number of para-hydroxylation sites is 2. The molecule has 7 aromatic carbocycles. The first-order chi connectivity index (χ1) is 22.1. The summed E-state index contributed by atoms with van der Waals surface area (Å²) in [4.78, 5) is 2.39. The van der Waals surface area contributed by atoms with Gasteiger partial charge in [0.05, 0.1) is 0 Å². The molecule has 45 heavy (non-hydrogen) atoms. The molecule has 0 aliphatic carbocycles. The third-order valence-electron chi connectivity index (χ3n) is 9.66. The number of anilines is 3. The predicted octanol–water partition coefficient (Wildman–Crippen LogP) is 10.7.